The second-order valence-corrected chi connectivity index (χ2v) is 27.0. The van der Waals surface area contributed by atoms with E-state index in [-0.39, 0.29) is 19.1 Å². The van der Waals surface area contributed by atoms with Crippen LogP contribution in [-0.2, 0) is 18.4 Å². The number of rotatable bonds is 66. The standard InChI is InChI=1S/C74H139N2O6P/c1-6-8-10-12-14-16-18-20-22-24-26-28-29-30-31-32-33-34-35-36-37-38-39-40-41-42-43-44-45-46-47-48-50-52-54-56-58-60-62-64-66-68-74(78)75-72(71-82-83(79,80)81-70-69-76(3,4)5)73(77)67-65-63-61-59-57-55-53-51-49-27-25-23-21-19-17-15-13-11-9-7-2/h8,10,14,16,20,22,26,28,30-31,33-34,72-73,77H,6-7,9,11-13,15,17-19,21,23-25,27,29,32,35-71H2,1-5H3,(H-,75,78,79,80)/b10-8-,16-14-,22-20-,28-26-,31-30-,34-33-. The molecular weight excluding hydrogens is 1040 g/mol. The molecule has 0 aromatic heterocycles. The predicted octanol–water partition coefficient (Wildman–Crippen LogP) is 22.3. The Morgan fingerprint density at radius 2 is 0.735 bits per heavy atom. The van der Waals surface area contributed by atoms with Gasteiger partial charge in [-0.05, 0) is 64.2 Å². The average molecular weight is 1180 g/mol. The number of carbonyl (C=O) groups is 1. The van der Waals surface area contributed by atoms with Gasteiger partial charge in [0, 0.05) is 6.42 Å². The zero-order valence-electron chi connectivity index (χ0n) is 55.6. The molecule has 9 heteroatoms. The number of quaternary nitrogens is 1. The minimum Gasteiger partial charge on any atom is -0.756 e. The SMILES string of the molecule is CC/C=C\C/C=C\C/C=C\C/C=C\C/C=C\C/C=C\CCCCCCCCCCCCCCCCCCCCCCCCC(=O)NC(COP(=O)([O-])OCC[N+](C)(C)C)C(O)CCCCCCCCCCCCCCCCCCCCCC. The Morgan fingerprint density at radius 3 is 1.07 bits per heavy atom. The maximum Gasteiger partial charge on any atom is 0.268 e. The van der Waals surface area contributed by atoms with Crippen molar-refractivity contribution < 1.29 is 32.9 Å². The molecule has 0 saturated heterocycles. The van der Waals surface area contributed by atoms with Crippen LogP contribution in [0.15, 0.2) is 72.9 Å². The molecule has 83 heavy (non-hydrogen) atoms. The number of aliphatic hydroxyl groups excluding tert-OH is 1. The summed E-state index contributed by atoms with van der Waals surface area (Å²) >= 11 is 0. The number of hydrogen-bond acceptors (Lipinski definition) is 6. The third-order valence-electron chi connectivity index (χ3n) is 16.2. The Bertz CT molecular complexity index is 1580. The van der Waals surface area contributed by atoms with Crippen molar-refractivity contribution in [3.05, 3.63) is 72.9 Å². The largest absolute Gasteiger partial charge is 0.756 e. The highest BCUT2D eigenvalue weighted by molar-refractivity contribution is 7.45. The molecule has 8 nitrogen and oxygen atoms in total. The summed E-state index contributed by atoms with van der Waals surface area (Å²) in [6.07, 6.45) is 89.9. The van der Waals surface area contributed by atoms with Gasteiger partial charge in [-0.3, -0.25) is 9.36 Å². The van der Waals surface area contributed by atoms with Crippen molar-refractivity contribution in [2.75, 3.05) is 40.9 Å². The van der Waals surface area contributed by atoms with Gasteiger partial charge in [0.1, 0.15) is 13.2 Å². The molecule has 486 valence electrons. The lowest BCUT2D eigenvalue weighted by Gasteiger charge is -2.30. The molecule has 1 amide bonds. The molecule has 0 bridgehead atoms. The summed E-state index contributed by atoms with van der Waals surface area (Å²) < 4.78 is 23.5. The first kappa shape index (κ1) is 80.9. The fourth-order valence-electron chi connectivity index (χ4n) is 10.7. The van der Waals surface area contributed by atoms with Crippen molar-refractivity contribution in [2.45, 2.75) is 353 Å². The second-order valence-electron chi connectivity index (χ2n) is 25.6. The van der Waals surface area contributed by atoms with Crippen LogP contribution in [0.1, 0.15) is 341 Å². The molecule has 0 heterocycles. The van der Waals surface area contributed by atoms with Crippen molar-refractivity contribution in [1.82, 2.24) is 5.32 Å². The molecular formula is C74H139N2O6P. The summed E-state index contributed by atoms with van der Waals surface area (Å²) in [4.78, 5) is 25.7. The molecule has 0 aromatic rings. The number of likely N-dealkylation sites (N-methyl/N-ethyl adjacent to an activating group) is 1. The Kier molecular flexibility index (Phi) is 62.8. The zero-order valence-corrected chi connectivity index (χ0v) is 56.5. The van der Waals surface area contributed by atoms with E-state index in [2.05, 4.69) is 92.1 Å². The van der Waals surface area contributed by atoms with E-state index in [4.69, 9.17) is 9.05 Å². The molecule has 2 N–H and O–H groups in total. The fourth-order valence-corrected chi connectivity index (χ4v) is 11.4. The monoisotopic (exact) mass is 1180 g/mol. The van der Waals surface area contributed by atoms with Gasteiger partial charge < -0.3 is 28.8 Å². The molecule has 0 saturated carbocycles. The van der Waals surface area contributed by atoms with Crippen LogP contribution in [0.4, 0.5) is 0 Å². The van der Waals surface area contributed by atoms with E-state index in [9.17, 15) is 19.4 Å². The van der Waals surface area contributed by atoms with E-state index >= 15 is 0 Å². The third-order valence-corrected chi connectivity index (χ3v) is 17.2. The number of allylic oxidation sites excluding steroid dienone is 12. The molecule has 3 atom stereocenters. The lowest BCUT2D eigenvalue weighted by molar-refractivity contribution is -0.870. The Balaban J connectivity index is 3.92. The Hall–Kier alpha value is -2.06. The van der Waals surface area contributed by atoms with Gasteiger partial charge in [0.15, 0.2) is 0 Å². The fraction of sp³-hybridized carbons (Fsp3) is 0.824. The highest BCUT2D eigenvalue weighted by atomic mass is 31.2. The van der Waals surface area contributed by atoms with Crippen LogP contribution >= 0.6 is 7.82 Å². The Morgan fingerprint density at radius 1 is 0.434 bits per heavy atom. The van der Waals surface area contributed by atoms with Gasteiger partial charge in [-0.15, -0.1) is 0 Å². The number of amides is 1. The van der Waals surface area contributed by atoms with E-state index < -0.39 is 20.0 Å². The Labute approximate surface area is 516 Å². The lowest BCUT2D eigenvalue weighted by atomic mass is 10.0. The minimum atomic E-state index is -4.58. The summed E-state index contributed by atoms with van der Waals surface area (Å²) in [5, 5.41) is 14.1. The number of phosphoric ester groups is 1. The van der Waals surface area contributed by atoms with Crippen molar-refractivity contribution in [1.29, 1.82) is 0 Å². The van der Waals surface area contributed by atoms with Crippen molar-refractivity contribution >= 4 is 13.7 Å². The van der Waals surface area contributed by atoms with Crippen LogP contribution in [0.3, 0.4) is 0 Å². The topological polar surface area (TPSA) is 108 Å². The molecule has 0 aliphatic heterocycles. The first-order valence-corrected chi connectivity index (χ1v) is 37.2. The number of carbonyl (C=O) groups excluding carboxylic acids is 1. The van der Waals surface area contributed by atoms with Crippen LogP contribution in [0.2, 0.25) is 0 Å². The van der Waals surface area contributed by atoms with Crippen LogP contribution in [0, 0.1) is 0 Å². The highest BCUT2D eigenvalue weighted by Gasteiger charge is 2.24. The smallest absolute Gasteiger partial charge is 0.268 e. The number of unbranched alkanes of at least 4 members (excludes halogenated alkanes) is 41. The van der Waals surface area contributed by atoms with E-state index in [1.807, 2.05) is 21.1 Å². The number of hydrogen-bond donors (Lipinski definition) is 2. The van der Waals surface area contributed by atoms with Gasteiger partial charge in [-0.25, -0.2) is 0 Å². The second kappa shape index (κ2) is 64.4. The third kappa shape index (κ3) is 67.3. The lowest BCUT2D eigenvalue weighted by Crippen LogP contribution is -2.46. The van der Waals surface area contributed by atoms with Gasteiger partial charge in [0.25, 0.3) is 7.82 Å². The van der Waals surface area contributed by atoms with E-state index in [1.54, 1.807) is 0 Å². The minimum absolute atomic E-state index is 0.0132. The van der Waals surface area contributed by atoms with E-state index in [0.29, 0.717) is 23.9 Å². The van der Waals surface area contributed by atoms with Crippen LogP contribution in [-0.4, -0.2) is 68.5 Å². The van der Waals surface area contributed by atoms with E-state index in [1.165, 1.54) is 238 Å². The molecule has 3 unspecified atom stereocenters. The number of phosphoric acid groups is 1. The normalized spacial score (nSPS) is 14.1. The quantitative estimate of drug-likeness (QED) is 0.0272. The molecule has 0 aliphatic rings. The maximum atomic E-state index is 13.1. The van der Waals surface area contributed by atoms with Gasteiger partial charge in [-0.1, -0.05) is 344 Å². The average Bonchev–Trinajstić information content (AvgIpc) is 3.49. The van der Waals surface area contributed by atoms with Gasteiger partial charge >= 0.3 is 0 Å². The van der Waals surface area contributed by atoms with Crippen molar-refractivity contribution in [3.8, 4) is 0 Å². The summed E-state index contributed by atoms with van der Waals surface area (Å²) in [6.45, 7) is 4.65. The summed E-state index contributed by atoms with van der Waals surface area (Å²) in [6, 6.07) is -0.802. The van der Waals surface area contributed by atoms with Gasteiger partial charge in [-0.2, -0.15) is 0 Å². The predicted molar refractivity (Wildman–Crippen MR) is 362 cm³/mol. The molecule has 0 radical (unpaired) electrons. The molecule has 0 rings (SSSR count). The molecule has 0 aromatic carbocycles. The van der Waals surface area contributed by atoms with Gasteiger partial charge in [0.05, 0.1) is 39.9 Å². The summed E-state index contributed by atoms with van der Waals surface area (Å²) in [5.41, 5.74) is 0. The van der Waals surface area contributed by atoms with Gasteiger partial charge in [0.2, 0.25) is 5.91 Å². The summed E-state index contributed by atoms with van der Waals surface area (Å²) in [5.74, 6) is -0.159. The van der Waals surface area contributed by atoms with Crippen molar-refractivity contribution in [2.24, 2.45) is 0 Å². The molecule has 0 fully saturated rings. The molecule has 0 aliphatic carbocycles. The number of nitrogens with zero attached hydrogens (tertiary/aromatic N) is 1. The van der Waals surface area contributed by atoms with Crippen LogP contribution in [0.25, 0.3) is 0 Å². The highest BCUT2D eigenvalue weighted by Crippen LogP contribution is 2.38. The first-order chi connectivity index (χ1) is 40.5. The van der Waals surface area contributed by atoms with Crippen molar-refractivity contribution in [3.63, 3.8) is 0 Å². The van der Waals surface area contributed by atoms with E-state index in [0.717, 1.165) is 77.0 Å². The maximum absolute atomic E-state index is 13.1. The number of nitrogens with one attached hydrogen (secondary N) is 1. The zero-order chi connectivity index (χ0) is 60.5. The number of aliphatic hydroxyl groups is 1. The van der Waals surface area contributed by atoms with Crippen LogP contribution < -0.4 is 10.2 Å². The summed E-state index contributed by atoms with van der Waals surface area (Å²) in [7, 11) is 1.32. The van der Waals surface area contributed by atoms with Crippen LogP contribution in [0.5, 0.6) is 0 Å². The first-order valence-electron chi connectivity index (χ1n) is 35.8. The molecule has 0 spiro atoms.